The summed E-state index contributed by atoms with van der Waals surface area (Å²) >= 11 is 8.70. The summed E-state index contributed by atoms with van der Waals surface area (Å²) in [5.74, 6) is -27.5. The van der Waals surface area contributed by atoms with Crippen LogP contribution in [-0.2, 0) is 124 Å². The summed E-state index contributed by atoms with van der Waals surface area (Å²) in [6, 6.07) is -17.1. The number of fused-ring (bicyclic) bond motifs is 5. The van der Waals surface area contributed by atoms with Gasteiger partial charge >= 0.3 is 5.97 Å². The lowest BCUT2D eigenvalue weighted by atomic mass is 10.0. The fourth-order valence-corrected chi connectivity index (χ4v) is 17.6. The summed E-state index contributed by atoms with van der Waals surface area (Å²) in [6.07, 6.45) is -5.03. The quantitative estimate of drug-likeness (QED) is 0.0132. The van der Waals surface area contributed by atoms with Gasteiger partial charge in [-0.2, -0.15) is 59.7 Å². The molecule has 142 heavy (non-hydrogen) atoms. The van der Waals surface area contributed by atoms with Gasteiger partial charge in [-0.05, 0) is 129 Å². The van der Waals surface area contributed by atoms with E-state index in [9.17, 15) is 106 Å². The molecular weight excluding hydrogens is 1960 g/mol. The number of nitrogens with two attached hydrogens (primary N) is 7. The summed E-state index contributed by atoms with van der Waals surface area (Å²) in [4.78, 5) is 298. The second kappa shape index (κ2) is 63.3. The van der Waals surface area contributed by atoms with Crippen LogP contribution in [0.25, 0.3) is 0 Å². The first-order chi connectivity index (χ1) is 67.0. The molecule has 0 saturated heterocycles. The lowest BCUT2D eigenvalue weighted by Crippen LogP contribution is -2.62. The number of aromatic hydroxyl groups is 1. The number of aliphatic hydroxyl groups excluding tert-OH is 1. The van der Waals surface area contributed by atoms with Crippen LogP contribution in [0.3, 0.4) is 0 Å². The Bertz CT molecular complexity index is 4760. The molecule has 2 heterocycles. The van der Waals surface area contributed by atoms with Gasteiger partial charge in [0.2, 0.25) is 118 Å². The van der Waals surface area contributed by atoms with E-state index in [-0.39, 0.29) is 97.4 Å². The smallest absolute Gasteiger partial charge is 0.303 e. The zero-order chi connectivity index (χ0) is 106. The number of nitrogens with one attached hydrogen (secondary N) is 20. The standard InChI is InChI=1S/C86H135N27O24S5/c1-41(2)27-56-78(131)108-58(33-114)80(133)107-57(31-44-11-13-48(115)14-12-44)79(132)104-54(18-22-67(120)121)74(127)100-49(9-7-24-96-85(92)93)71(124)101-52(16-20-64(89)117)75(128)111-60(70(123)98-32-66(91)119)38-140-35-45-28-46-30-47(29-45)37-142-40-62(83(136)106-56)112-81(134)59(34-138)109-84(137)68(42(3)4)113-77(130)53(17-21-65(90)118)103-72(125)50(10-8-25-97-86(94)95)99-73(126)51(15-19-63(88)116)102-76(129)55(23-26-139-6)105-82(135)61(39-141-36-46)110-69(122)43(5)87/h11-14,28-30,41-43,49-62,68,114-115,138H,7-10,15-27,31-40,87H2,1-6H3,(H2,88,116)(H2,89,117)(H2,90,118)(H2,91,119)(H,98,123)(H,99,126)(H,100,127)(H,101,124)(H,102,129)(H,103,125)(H,104,132)(H,105,135)(H,106,136)(H,107,133)(H,108,131)(H,109,137)(H,110,122)(H,111,128)(H,112,134)(H,113,130)(H,120,121)(H4,92,93,96)(H4,94,95,97)/t43-,49-,50-,51-,52-,53-,54-,55-,56-,57-,58-,59-,60-,61-,62-,68-/m0/s1. The second-order valence-electron chi connectivity index (χ2n) is 34.3. The number of carboxylic acid groups (broad SMARTS) is 1. The van der Waals surface area contributed by atoms with Gasteiger partial charge in [-0.3, -0.25) is 112 Å². The molecule has 2 aromatic rings. The van der Waals surface area contributed by atoms with Gasteiger partial charge in [-0.25, -0.2) is 0 Å². The first-order valence-electron chi connectivity index (χ1n) is 45.4. The van der Waals surface area contributed by atoms with E-state index in [1.807, 2.05) is 0 Å². The van der Waals surface area contributed by atoms with Crippen LogP contribution in [-0.4, -0.2) is 309 Å². The van der Waals surface area contributed by atoms with Crippen molar-refractivity contribution >= 4 is 196 Å². The van der Waals surface area contributed by atoms with Crippen LogP contribution in [0.1, 0.15) is 147 Å². The van der Waals surface area contributed by atoms with Gasteiger partial charge in [0, 0.05) is 85.5 Å². The predicted octanol–water partition coefficient (Wildman–Crippen LogP) is -8.85. The molecule has 4 bridgehead atoms. The summed E-state index contributed by atoms with van der Waals surface area (Å²) < 4.78 is 0. The Balaban J connectivity index is 2.15. The number of aliphatic carboxylic acids is 1. The molecule has 51 nitrogen and oxygen atoms in total. The fourth-order valence-electron chi connectivity index (χ4n) is 13.9. The number of phenolic OH excluding ortho intramolecular Hbond substituents is 1. The van der Waals surface area contributed by atoms with Gasteiger partial charge in [0.1, 0.15) is 96.4 Å². The molecule has 0 spiro atoms. The number of aliphatic hydroxyl groups is 1. The van der Waals surface area contributed by atoms with Crippen LogP contribution in [0.4, 0.5) is 0 Å². The first kappa shape index (κ1) is 122. The average Bonchev–Trinajstić information content (AvgIpc) is 0.888. The van der Waals surface area contributed by atoms with E-state index in [1.165, 1.54) is 56.8 Å². The third-order valence-corrected chi connectivity index (χ3v) is 25.8. The zero-order valence-electron chi connectivity index (χ0n) is 79.6. The Kier molecular flexibility index (Phi) is 54.2. The van der Waals surface area contributed by atoms with E-state index in [2.05, 4.69) is 108 Å². The Hall–Kier alpha value is -12.7. The summed E-state index contributed by atoms with van der Waals surface area (Å²) in [5, 5.41) is 92.0. The fraction of sp³-hybridized carbons (Fsp3) is 0.593. The van der Waals surface area contributed by atoms with Crippen LogP contribution in [0.15, 0.2) is 42.5 Å². The number of carbonyl (C=O) groups is 21. The molecule has 56 heteroatoms. The number of rotatable bonds is 35. The summed E-state index contributed by atoms with van der Waals surface area (Å²) in [7, 11) is 0. The number of carboxylic acids is 1. The summed E-state index contributed by atoms with van der Waals surface area (Å²) in [6.45, 7) is 5.37. The minimum Gasteiger partial charge on any atom is -0.508 e. The van der Waals surface area contributed by atoms with Gasteiger partial charge in [-0.1, -0.05) is 58.0 Å². The minimum atomic E-state index is -2.01. The van der Waals surface area contributed by atoms with Crippen molar-refractivity contribution in [2.45, 2.75) is 245 Å². The van der Waals surface area contributed by atoms with Crippen LogP contribution in [0.5, 0.6) is 5.75 Å². The number of amides is 20. The molecule has 2 aromatic carbocycles. The lowest BCUT2D eigenvalue weighted by molar-refractivity contribution is -0.139. The normalized spacial score (nSPS) is 23.7. The lowest BCUT2D eigenvalue weighted by Gasteiger charge is -2.29. The maximum Gasteiger partial charge on any atom is 0.303 e. The highest BCUT2D eigenvalue weighted by atomic mass is 32.2. The highest BCUT2D eigenvalue weighted by Gasteiger charge is 2.41. The number of thiol groups is 1. The van der Waals surface area contributed by atoms with Crippen molar-refractivity contribution < 1.29 is 116 Å². The molecule has 16 atom stereocenters. The SMILES string of the molecule is CSCC[C@@H]1NC(=O)[C@@H](NC(=O)[C@H](C)N)CSCc2cc3cc(c2)CSC[C@H](NC(=O)[C@H](CS)NC(=O)[C@H](C(C)C)NC(=O)[C@H](CCC(N)=O)NC(=O)[C@H](CCCNC(=N)N)NC(=O)[C@H](CCC(N)=O)NC1=O)C(=O)N[C@@H](CC(C)C)C(=O)N[C@@H](CO)C(=O)N[C@@H](Cc1ccc(O)cc1)C(=O)N[C@@H](CCC(=O)O)C(=O)N[C@@H](CCCNC(=N)N)C(=O)N[C@@H](CCC(N)=O)C(=O)N[C@H](C(=O)NCC(N)=O)CSC3. The van der Waals surface area contributed by atoms with Crippen LogP contribution < -0.4 is 136 Å². The highest BCUT2D eigenvalue weighted by molar-refractivity contribution is 7.99. The molecule has 4 rings (SSSR count). The molecule has 0 aliphatic carbocycles. The molecule has 2 aliphatic heterocycles. The Morgan fingerprint density at radius 3 is 1.25 bits per heavy atom. The largest absolute Gasteiger partial charge is 0.508 e. The van der Waals surface area contributed by atoms with E-state index in [0.717, 1.165) is 35.3 Å². The van der Waals surface area contributed by atoms with Crippen molar-refractivity contribution in [1.82, 2.24) is 95.7 Å². The van der Waals surface area contributed by atoms with E-state index in [4.69, 9.17) is 51.0 Å². The number of guanidine groups is 2. The molecule has 0 fully saturated rings. The maximum atomic E-state index is 15.4. The molecule has 20 amide bonds. The van der Waals surface area contributed by atoms with Crippen molar-refractivity contribution in [3.8, 4) is 5.75 Å². The third kappa shape index (κ3) is 45.9. The molecule has 788 valence electrons. The van der Waals surface area contributed by atoms with E-state index >= 15 is 9.59 Å². The molecule has 0 aromatic heterocycles. The highest BCUT2D eigenvalue weighted by Crippen LogP contribution is 2.26. The molecule has 0 unspecified atom stereocenters. The number of hydrogen-bond donors (Lipinski definition) is 31. The van der Waals surface area contributed by atoms with Crippen LogP contribution >= 0.6 is 59.7 Å². The Labute approximate surface area is 842 Å². The van der Waals surface area contributed by atoms with Crippen molar-refractivity contribution in [3.05, 3.63) is 64.7 Å². The van der Waals surface area contributed by atoms with Crippen molar-refractivity contribution in [2.75, 3.05) is 61.3 Å². The van der Waals surface area contributed by atoms with Gasteiger partial charge in [-0.15, -0.1) is 0 Å². The number of thioether (sulfide) groups is 4. The van der Waals surface area contributed by atoms with Crippen molar-refractivity contribution in [3.63, 3.8) is 0 Å². The average molecular weight is 2090 g/mol. The zero-order valence-corrected chi connectivity index (χ0v) is 83.7. The number of hydrogen-bond acceptors (Lipinski definition) is 31. The predicted molar refractivity (Wildman–Crippen MR) is 530 cm³/mol. The topological polar surface area (TPSA) is 866 Å². The van der Waals surface area contributed by atoms with Crippen LogP contribution in [0.2, 0.25) is 0 Å². The molecule has 0 radical (unpaired) electrons. The van der Waals surface area contributed by atoms with Crippen molar-refractivity contribution in [2.24, 2.45) is 52.0 Å². The molecular formula is C86H135N27O24S5. The van der Waals surface area contributed by atoms with Crippen molar-refractivity contribution in [1.29, 1.82) is 10.8 Å². The van der Waals surface area contributed by atoms with E-state index in [1.54, 1.807) is 38.3 Å². The first-order valence-corrected chi connectivity index (χ1v) is 50.9. The minimum absolute atomic E-state index is 0.0358. The molecule has 2 aliphatic rings. The monoisotopic (exact) mass is 2090 g/mol. The third-order valence-electron chi connectivity index (χ3n) is 21.4. The summed E-state index contributed by atoms with van der Waals surface area (Å²) in [5.41, 5.74) is 40.9. The number of carbonyl (C=O) groups excluding carboxylic acids is 20. The van der Waals surface area contributed by atoms with Crippen LogP contribution in [0, 0.1) is 22.7 Å². The van der Waals surface area contributed by atoms with E-state index in [0.29, 0.717) is 16.7 Å². The number of phenols is 1. The Morgan fingerprint density at radius 1 is 0.451 bits per heavy atom. The second-order valence-corrected chi connectivity index (χ2v) is 38.8. The molecule has 37 N–H and O–H groups in total. The number of benzene rings is 2. The van der Waals surface area contributed by atoms with Gasteiger partial charge in [0.05, 0.1) is 19.2 Å². The molecule has 0 saturated carbocycles. The van der Waals surface area contributed by atoms with E-state index < -0.39 is 327 Å². The Morgan fingerprint density at radius 2 is 0.831 bits per heavy atom. The van der Waals surface area contributed by atoms with Gasteiger partial charge < -0.3 is 151 Å². The number of primary amides is 4. The van der Waals surface area contributed by atoms with Gasteiger partial charge in [0.25, 0.3) is 0 Å². The van der Waals surface area contributed by atoms with Gasteiger partial charge in [0.15, 0.2) is 11.9 Å². The maximum absolute atomic E-state index is 15.4.